The van der Waals surface area contributed by atoms with Crippen LogP contribution >= 0.6 is 0 Å². The average molecular weight is 816 g/mol. The van der Waals surface area contributed by atoms with E-state index in [1.807, 2.05) is 0 Å². The molecule has 54 heavy (non-hydrogen) atoms. The molecule has 0 spiro atoms. The number of hydrogen-bond acceptors (Lipinski definition) is 14. The van der Waals surface area contributed by atoms with Crippen molar-refractivity contribution >= 4 is 80.3 Å². The summed E-state index contributed by atoms with van der Waals surface area (Å²) in [5.41, 5.74) is 6.15. The van der Waals surface area contributed by atoms with Gasteiger partial charge in [0.2, 0.25) is 0 Å². The van der Waals surface area contributed by atoms with E-state index in [2.05, 4.69) is 20.5 Å². The second-order valence-electron chi connectivity index (χ2n) is 10.8. The second kappa shape index (κ2) is 17.5. The van der Waals surface area contributed by atoms with Gasteiger partial charge in [0.1, 0.15) is 19.9 Å². The molecule has 0 heterocycles. The molecule has 0 radical (unpaired) electrons. The number of rotatable bonds is 8. The Labute approximate surface area is 374 Å². The maximum Gasteiger partial charge on any atom is 1.00 e. The zero-order valence-corrected chi connectivity index (χ0v) is 36.8. The van der Waals surface area contributed by atoms with Crippen LogP contribution in [0.5, 0.6) is 11.5 Å². The Kier molecular flexibility index (Phi) is 14.8. The van der Waals surface area contributed by atoms with Gasteiger partial charge in [0, 0.05) is 11.1 Å². The van der Waals surface area contributed by atoms with E-state index >= 15 is 0 Å². The van der Waals surface area contributed by atoms with Crippen LogP contribution in [-0.4, -0.2) is 38.9 Å². The van der Waals surface area contributed by atoms with Crippen LogP contribution in [0.2, 0.25) is 0 Å². The minimum Gasteiger partial charge on any atom is -0.871 e. The standard InChI is InChI=1S/C32H23N5O11S3.3Na/c33-25-15-22(49(40,41)42)13-19-14-28(51(46,47)48)30(32(39)29(19)25)37-35-21-11-7-18(8-12-21)17-5-9-20(10-6-17)34-36-26-16-27(50(43,44)45)23-3-1-2-4-24(23)31(26)38;;;/h1-16,38-39H,33H2,(H,40,41,42)(H,43,44,45)(H,46,47,48);;;/q;3*+1/p-3. The van der Waals surface area contributed by atoms with Gasteiger partial charge in [-0.2, -0.15) is 32.2 Å². The van der Waals surface area contributed by atoms with Crippen LogP contribution in [0.1, 0.15) is 0 Å². The summed E-state index contributed by atoms with van der Waals surface area (Å²) in [7, 11) is -14.8. The predicted molar refractivity (Wildman–Crippen MR) is 179 cm³/mol. The Morgan fingerprint density at radius 2 is 1.07 bits per heavy atom. The van der Waals surface area contributed by atoms with Crippen LogP contribution < -0.4 is 105 Å². The predicted octanol–water partition coefficient (Wildman–Crippen LogP) is -3.37. The number of fused-ring (bicyclic) bond motifs is 2. The number of hydrogen-bond donors (Lipinski definition) is 3. The molecule has 4 N–H and O–H groups in total. The number of anilines is 1. The summed E-state index contributed by atoms with van der Waals surface area (Å²) in [5.74, 6) is -1.66. The molecule has 0 aromatic heterocycles. The third-order valence-corrected chi connectivity index (χ3v) is 10.1. The zero-order valence-electron chi connectivity index (χ0n) is 28.4. The molecule has 260 valence electrons. The second-order valence-corrected chi connectivity index (χ2v) is 15.0. The maximum absolute atomic E-state index is 13.2. The van der Waals surface area contributed by atoms with Crippen LogP contribution in [0.15, 0.2) is 132 Å². The van der Waals surface area contributed by atoms with Crippen molar-refractivity contribution in [2.45, 2.75) is 14.7 Å². The molecule has 6 aromatic rings. The molecule has 0 atom stereocenters. The van der Waals surface area contributed by atoms with Crippen LogP contribution in [0.4, 0.5) is 28.4 Å². The molecule has 22 heteroatoms. The topological polar surface area (TPSA) is 288 Å². The van der Waals surface area contributed by atoms with Gasteiger partial charge in [0.05, 0.1) is 27.6 Å². The van der Waals surface area contributed by atoms with Crippen molar-refractivity contribution in [1.82, 2.24) is 0 Å². The summed E-state index contributed by atoms with van der Waals surface area (Å²) in [6.07, 6.45) is 0. The van der Waals surface area contributed by atoms with Crippen molar-refractivity contribution in [2.75, 3.05) is 5.73 Å². The monoisotopic (exact) mass is 815 g/mol. The van der Waals surface area contributed by atoms with Crippen molar-refractivity contribution in [3.63, 3.8) is 0 Å². The third kappa shape index (κ3) is 9.75. The van der Waals surface area contributed by atoms with E-state index in [0.29, 0.717) is 16.8 Å². The Bertz CT molecular complexity index is 2810. The van der Waals surface area contributed by atoms with Gasteiger partial charge in [0.25, 0.3) is 20.2 Å². The molecule has 6 aromatic carbocycles. The molecule has 0 aliphatic rings. The fourth-order valence-corrected chi connectivity index (χ4v) is 7.07. The minimum atomic E-state index is -5.08. The quantitative estimate of drug-likeness (QED) is 0.0588. The molecule has 6 rings (SSSR count). The molecule has 0 amide bonds. The van der Waals surface area contributed by atoms with Crippen LogP contribution in [-0.2, 0) is 30.4 Å². The fourth-order valence-electron chi connectivity index (χ4n) is 5.16. The molecule has 0 aliphatic carbocycles. The first-order valence-electron chi connectivity index (χ1n) is 14.2. The smallest absolute Gasteiger partial charge is 0.871 e. The summed E-state index contributed by atoms with van der Waals surface area (Å²) in [5, 5.41) is 41.1. The van der Waals surface area contributed by atoms with Crippen LogP contribution in [0.3, 0.4) is 0 Å². The molecular weight excluding hydrogens is 796 g/mol. The first kappa shape index (κ1) is 45.6. The van der Waals surface area contributed by atoms with Crippen molar-refractivity contribution in [3.05, 3.63) is 97.1 Å². The van der Waals surface area contributed by atoms with Gasteiger partial charge >= 0.3 is 88.7 Å². The first-order chi connectivity index (χ1) is 23.9. The third-order valence-electron chi connectivity index (χ3n) is 7.52. The van der Waals surface area contributed by atoms with Crippen molar-refractivity contribution < 1.29 is 138 Å². The molecule has 0 bridgehead atoms. The summed E-state index contributed by atoms with van der Waals surface area (Å²) < 4.78 is 102. The molecule has 0 saturated heterocycles. The van der Waals surface area contributed by atoms with Gasteiger partial charge in [-0.15, -0.1) is 5.11 Å². The van der Waals surface area contributed by atoms with Crippen LogP contribution in [0, 0.1) is 0 Å². The molecular formula is C32H20N5Na3O11S3. The van der Waals surface area contributed by atoms with Crippen LogP contribution in [0.25, 0.3) is 32.7 Å². The molecule has 0 aliphatic heterocycles. The van der Waals surface area contributed by atoms with Gasteiger partial charge in [-0.1, -0.05) is 60.0 Å². The number of nitrogens with zero attached hydrogens (tertiary/aromatic N) is 4. The Hall–Kier alpha value is -2.83. The van der Waals surface area contributed by atoms with E-state index < -0.39 is 67.9 Å². The summed E-state index contributed by atoms with van der Waals surface area (Å²) in [6.45, 7) is 0. The summed E-state index contributed by atoms with van der Waals surface area (Å²) >= 11 is 0. The van der Waals surface area contributed by atoms with Gasteiger partial charge in [-0.05, 0) is 75.8 Å². The molecule has 0 unspecified atom stereocenters. The summed E-state index contributed by atoms with van der Waals surface area (Å²) in [6, 6.07) is 21.9. The van der Waals surface area contributed by atoms with Gasteiger partial charge in [0.15, 0.2) is 0 Å². The first-order valence-corrected chi connectivity index (χ1v) is 18.5. The van der Waals surface area contributed by atoms with E-state index in [1.54, 1.807) is 42.5 Å². The molecule has 16 nitrogen and oxygen atoms in total. The van der Waals surface area contributed by atoms with E-state index in [4.69, 9.17) is 5.73 Å². The Morgan fingerprint density at radius 1 is 0.574 bits per heavy atom. The summed E-state index contributed by atoms with van der Waals surface area (Å²) in [4.78, 5) is -2.27. The number of azo groups is 2. The van der Waals surface area contributed by atoms with E-state index in [-0.39, 0.29) is 122 Å². The molecule has 0 fully saturated rings. The largest absolute Gasteiger partial charge is 1.00 e. The van der Waals surface area contributed by atoms with E-state index in [0.717, 1.165) is 24.3 Å². The van der Waals surface area contributed by atoms with Gasteiger partial charge in [-0.3, -0.25) is 9.11 Å². The Morgan fingerprint density at radius 3 is 1.57 bits per heavy atom. The SMILES string of the molecule is Nc1cc(S(=O)(=O)[O-])cc2cc(S(=O)(=O)O)c(N=Nc3ccc(-c4ccc(N=Nc5cc(S(=O)(=O)O)c6ccccc6c5[O-])cc4)cc3)c([O-])c12.[Na+].[Na+].[Na+]. The minimum absolute atomic E-state index is 0. The normalized spacial score (nSPS) is 12.1. The Balaban J connectivity index is 0.00000261. The fraction of sp³-hybridized carbons (Fsp3) is 0. The number of nitrogens with two attached hydrogens (primary N) is 1. The van der Waals surface area contributed by atoms with E-state index in [9.17, 15) is 49.1 Å². The average Bonchev–Trinajstić information content (AvgIpc) is 3.06. The van der Waals surface area contributed by atoms with Crippen molar-refractivity contribution in [2.24, 2.45) is 20.5 Å². The van der Waals surface area contributed by atoms with Gasteiger partial charge < -0.3 is 20.5 Å². The maximum atomic E-state index is 13.2. The van der Waals surface area contributed by atoms with Crippen molar-refractivity contribution in [1.29, 1.82) is 0 Å². The van der Waals surface area contributed by atoms with E-state index in [1.165, 1.54) is 30.3 Å². The van der Waals surface area contributed by atoms with Gasteiger partial charge in [-0.25, -0.2) is 8.42 Å². The number of benzene rings is 6. The molecule has 0 saturated carbocycles. The van der Waals surface area contributed by atoms with Crippen molar-refractivity contribution in [3.8, 4) is 22.6 Å². The number of nitrogen functional groups attached to an aromatic ring is 1. The zero-order chi connectivity index (χ0) is 36.9.